The second kappa shape index (κ2) is 4.71. The van der Waals surface area contributed by atoms with Crippen molar-refractivity contribution in [3.63, 3.8) is 0 Å². The maximum absolute atomic E-state index is 12.2. The van der Waals surface area contributed by atoms with E-state index in [1.807, 2.05) is 30.3 Å². The molecule has 1 aromatic heterocycles. The number of benzene rings is 2. The Hall–Kier alpha value is -2.39. The largest absolute Gasteiger partial charge is 0.380 e. The minimum atomic E-state index is -1.14. The van der Waals surface area contributed by atoms with E-state index in [0.717, 1.165) is 10.9 Å². The first-order chi connectivity index (χ1) is 9.27. The molecule has 0 fully saturated rings. The fourth-order valence-corrected chi connectivity index (χ4v) is 2.22. The van der Waals surface area contributed by atoms with Crippen molar-refractivity contribution >= 4 is 16.7 Å². The van der Waals surface area contributed by atoms with Crippen LogP contribution in [0.15, 0.2) is 60.8 Å². The first-order valence-corrected chi connectivity index (χ1v) is 6.11. The predicted octanol–water partition coefficient (Wildman–Crippen LogP) is 3.08. The molecule has 0 saturated heterocycles. The summed E-state index contributed by atoms with van der Waals surface area (Å²) in [5.74, 6) is -0.287. The lowest BCUT2D eigenvalue weighted by Crippen LogP contribution is -2.11. The summed E-state index contributed by atoms with van der Waals surface area (Å²) in [6.45, 7) is 0. The predicted molar refractivity (Wildman–Crippen MR) is 74.0 cm³/mol. The summed E-state index contributed by atoms with van der Waals surface area (Å²) in [5, 5.41) is 11.1. The van der Waals surface area contributed by atoms with Crippen molar-refractivity contribution in [3.05, 3.63) is 71.9 Å². The number of Topliss-reactive ketones (excluding diaryl/α,β-unsaturated/α-hetero) is 1. The standard InChI is InChI=1S/C16H13NO2/c18-15(11-6-2-1-3-7-11)16(19)13-10-17-14-9-5-4-8-12(13)14/h1-10,16-17,19H/t16-/m0/s1. The van der Waals surface area contributed by atoms with Crippen molar-refractivity contribution in [2.24, 2.45) is 0 Å². The molecule has 0 aliphatic carbocycles. The highest BCUT2D eigenvalue weighted by molar-refractivity contribution is 6.02. The SMILES string of the molecule is O=C(c1ccccc1)[C@@H](O)c1c[nH]c2ccccc12. The van der Waals surface area contributed by atoms with Crippen LogP contribution in [0, 0.1) is 0 Å². The number of aromatic nitrogens is 1. The van der Waals surface area contributed by atoms with Crippen LogP contribution in [0.25, 0.3) is 10.9 Å². The Morgan fingerprint density at radius 1 is 1.00 bits per heavy atom. The van der Waals surface area contributed by atoms with Crippen LogP contribution in [0.5, 0.6) is 0 Å². The highest BCUT2D eigenvalue weighted by Gasteiger charge is 2.21. The quantitative estimate of drug-likeness (QED) is 0.703. The van der Waals surface area contributed by atoms with Gasteiger partial charge in [0.2, 0.25) is 0 Å². The lowest BCUT2D eigenvalue weighted by molar-refractivity contribution is 0.0750. The van der Waals surface area contributed by atoms with Crippen LogP contribution in [-0.4, -0.2) is 15.9 Å². The molecule has 0 aliphatic rings. The number of hydrogen-bond acceptors (Lipinski definition) is 2. The number of fused-ring (bicyclic) bond motifs is 1. The molecule has 19 heavy (non-hydrogen) atoms. The molecule has 94 valence electrons. The normalized spacial score (nSPS) is 12.5. The molecule has 0 aliphatic heterocycles. The van der Waals surface area contributed by atoms with Gasteiger partial charge >= 0.3 is 0 Å². The number of ketones is 1. The Balaban J connectivity index is 2.00. The minimum absolute atomic E-state index is 0.287. The van der Waals surface area contributed by atoms with Crippen LogP contribution in [-0.2, 0) is 0 Å². The second-order valence-electron chi connectivity index (χ2n) is 4.42. The molecular weight excluding hydrogens is 238 g/mol. The van der Waals surface area contributed by atoms with Gasteiger partial charge in [-0.15, -0.1) is 0 Å². The highest BCUT2D eigenvalue weighted by atomic mass is 16.3. The average Bonchev–Trinajstić information content (AvgIpc) is 2.90. The molecule has 0 spiro atoms. The second-order valence-corrected chi connectivity index (χ2v) is 4.42. The van der Waals surface area contributed by atoms with Crippen molar-refractivity contribution in [1.29, 1.82) is 0 Å². The van der Waals surface area contributed by atoms with Gasteiger partial charge in [-0.25, -0.2) is 0 Å². The Bertz CT molecular complexity index is 716. The van der Waals surface area contributed by atoms with Crippen molar-refractivity contribution in [2.45, 2.75) is 6.10 Å². The number of para-hydroxylation sites is 1. The molecular formula is C16H13NO2. The zero-order valence-electron chi connectivity index (χ0n) is 10.2. The van der Waals surface area contributed by atoms with Gasteiger partial charge < -0.3 is 10.1 Å². The molecule has 3 aromatic rings. The molecule has 0 unspecified atom stereocenters. The summed E-state index contributed by atoms with van der Waals surface area (Å²) >= 11 is 0. The summed E-state index contributed by atoms with van der Waals surface area (Å²) in [7, 11) is 0. The molecule has 3 rings (SSSR count). The summed E-state index contributed by atoms with van der Waals surface area (Å²) in [4.78, 5) is 15.3. The Morgan fingerprint density at radius 3 is 2.47 bits per heavy atom. The number of hydrogen-bond donors (Lipinski definition) is 2. The number of aromatic amines is 1. The van der Waals surface area contributed by atoms with Gasteiger partial charge in [-0.2, -0.15) is 0 Å². The fraction of sp³-hybridized carbons (Fsp3) is 0.0625. The molecule has 2 aromatic carbocycles. The highest BCUT2D eigenvalue weighted by Crippen LogP contribution is 2.26. The lowest BCUT2D eigenvalue weighted by atomic mass is 10.00. The maximum atomic E-state index is 12.2. The van der Waals surface area contributed by atoms with Crippen LogP contribution in [0.1, 0.15) is 22.0 Å². The first kappa shape index (κ1) is 11.7. The third-order valence-electron chi connectivity index (χ3n) is 3.22. The van der Waals surface area contributed by atoms with E-state index < -0.39 is 6.10 Å². The van der Waals surface area contributed by atoms with Crippen LogP contribution >= 0.6 is 0 Å². The van der Waals surface area contributed by atoms with Gasteiger partial charge in [0.25, 0.3) is 0 Å². The van der Waals surface area contributed by atoms with Gasteiger partial charge in [-0.3, -0.25) is 4.79 Å². The molecule has 0 radical (unpaired) electrons. The summed E-state index contributed by atoms with van der Waals surface area (Å²) < 4.78 is 0. The van der Waals surface area contributed by atoms with Crippen molar-refractivity contribution < 1.29 is 9.90 Å². The summed E-state index contributed by atoms with van der Waals surface area (Å²) in [6, 6.07) is 16.4. The molecule has 2 N–H and O–H groups in total. The number of carbonyl (C=O) groups is 1. The zero-order chi connectivity index (χ0) is 13.2. The van der Waals surface area contributed by atoms with Gasteiger partial charge in [0.1, 0.15) is 6.10 Å². The van der Waals surface area contributed by atoms with Gasteiger partial charge in [0.05, 0.1) is 0 Å². The molecule has 1 atom stereocenters. The molecule has 3 nitrogen and oxygen atoms in total. The smallest absolute Gasteiger partial charge is 0.195 e. The van der Waals surface area contributed by atoms with Crippen LogP contribution < -0.4 is 0 Å². The van der Waals surface area contributed by atoms with Crippen molar-refractivity contribution in [2.75, 3.05) is 0 Å². The molecule has 0 saturated carbocycles. The topological polar surface area (TPSA) is 53.1 Å². The van der Waals surface area contributed by atoms with E-state index in [-0.39, 0.29) is 5.78 Å². The number of rotatable bonds is 3. The van der Waals surface area contributed by atoms with E-state index in [2.05, 4.69) is 4.98 Å². The molecule has 0 bridgehead atoms. The Labute approximate surface area is 110 Å². The number of nitrogens with one attached hydrogen (secondary N) is 1. The molecule has 0 amide bonds. The average molecular weight is 251 g/mol. The third kappa shape index (κ3) is 2.04. The summed E-state index contributed by atoms with van der Waals surface area (Å²) in [5.41, 5.74) is 2.04. The monoisotopic (exact) mass is 251 g/mol. The van der Waals surface area contributed by atoms with E-state index in [0.29, 0.717) is 11.1 Å². The van der Waals surface area contributed by atoms with E-state index in [1.165, 1.54) is 0 Å². The van der Waals surface area contributed by atoms with E-state index in [4.69, 9.17) is 0 Å². The fourth-order valence-electron chi connectivity index (χ4n) is 2.22. The maximum Gasteiger partial charge on any atom is 0.195 e. The van der Waals surface area contributed by atoms with Gasteiger partial charge in [-0.1, -0.05) is 48.5 Å². The van der Waals surface area contributed by atoms with Crippen LogP contribution in [0.2, 0.25) is 0 Å². The number of aliphatic hydroxyl groups excluding tert-OH is 1. The van der Waals surface area contributed by atoms with Gasteiger partial charge in [-0.05, 0) is 6.07 Å². The molecule has 1 heterocycles. The van der Waals surface area contributed by atoms with Crippen LogP contribution in [0.4, 0.5) is 0 Å². The van der Waals surface area contributed by atoms with E-state index >= 15 is 0 Å². The molecule has 3 heteroatoms. The third-order valence-corrected chi connectivity index (χ3v) is 3.22. The Morgan fingerprint density at radius 2 is 1.68 bits per heavy atom. The lowest BCUT2D eigenvalue weighted by Gasteiger charge is -2.08. The summed E-state index contributed by atoms with van der Waals surface area (Å²) in [6.07, 6.45) is 0.550. The van der Waals surface area contributed by atoms with Crippen LogP contribution in [0.3, 0.4) is 0 Å². The van der Waals surface area contributed by atoms with Gasteiger partial charge in [0, 0.05) is 28.2 Å². The first-order valence-electron chi connectivity index (χ1n) is 6.11. The Kier molecular flexibility index (Phi) is 2.89. The number of carbonyl (C=O) groups excluding carboxylic acids is 1. The minimum Gasteiger partial charge on any atom is -0.380 e. The van der Waals surface area contributed by atoms with E-state index in [1.54, 1.807) is 30.5 Å². The van der Waals surface area contributed by atoms with Crippen molar-refractivity contribution in [3.8, 4) is 0 Å². The van der Waals surface area contributed by atoms with Gasteiger partial charge in [0.15, 0.2) is 5.78 Å². The van der Waals surface area contributed by atoms with E-state index in [9.17, 15) is 9.90 Å². The number of aliphatic hydroxyl groups is 1. The van der Waals surface area contributed by atoms with Crippen molar-refractivity contribution in [1.82, 2.24) is 4.98 Å². The number of H-pyrrole nitrogens is 1. The zero-order valence-corrected chi connectivity index (χ0v) is 10.2.